The molecule has 0 radical (unpaired) electrons. The van der Waals surface area contributed by atoms with Crippen LogP contribution in [-0.2, 0) is 28.9 Å². The standard InChI is InChI=1S/C18H16F3N7O2/c19-18(20,21)17-25-23-13-9-26(5-6-27(13)17)16(30)10-7-14(29)28(8-10)15-11-3-1-2-4-12(11)22-24-15/h1-4,10H,5-9H2,(H,22,24). The highest BCUT2D eigenvalue weighted by Crippen LogP contribution is 2.32. The highest BCUT2D eigenvalue weighted by molar-refractivity contribution is 6.05. The van der Waals surface area contributed by atoms with Crippen molar-refractivity contribution in [2.45, 2.75) is 25.7 Å². The van der Waals surface area contributed by atoms with Crippen molar-refractivity contribution in [3.63, 3.8) is 0 Å². The number of para-hydroxylation sites is 1. The van der Waals surface area contributed by atoms with Crippen LogP contribution in [0.5, 0.6) is 0 Å². The number of carbonyl (C=O) groups is 2. The molecule has 3 aromatic rings. The van der Waals surface area contributed by atoms with Crippen LogP contribution in [0.25, 0.3) is 10.9 Å². The van der Waals surface area contributed by atoms with E-state index in [4.69, 9.17) is 0 Å². The first-order chi connectivity index (χ1) is 14.3. The van der Waals surface area contributed by atoms with Gasteiger partial charge in [0, 0.05) is 31.4 Å². The summed E-state index contributed by atoms with van der Waals surface area (Å²) in [5.41, 5.74) is 0.783. The number of H-pyrrole nitrogens is 1. The SMILES string of the molecule is O=C(C1CC(=O)N(c2n[nH]c3ccccc23)C1)N1CCn2c(nnc2C(F)(F)F)C1. The number of rotatable bonds is 2. The molecule has 0 saturated carbocycles. The third-order valence-corrected chi connectivity index (χ3v) is 5.50. The number of benzene rings is 1. The van der Waals surface area contributed by atoms with Gasteiger partial charge in [0.05, 0.1) is 18.0 Å². The van der Waals surface area contributed by atoms with Crippen LogP contribution in [-0.4, -0.2) is 54.8 Å². The summed E-state index contributed by atoms with van der Waals surface area (Å²) in [5, 5.41) is 14.7. The fraction of sp³-hybridized carbons (Fsp3) is 0.389. The van der Waals surface area contributed by atoms with Crippen molar-refractivity contribution in [3.05, 3.63) is 35.9 Å². The van der Waals surface area contributed by atoms with Crippen molar-refractivity contribution in [3.8, 4) is 0 Å². The molecule has 1 fully saturated rings. The number of hydrogen-bond acceptors (Lipinski definition) is 5. The van der Waals surface area contributed by atoms with E-state index in [0.717, 1.165) is 15.5 Å². The number of fused-ring (bicyclic) bond motifs is 2. The number of halogens is 3. The molecule has 9 nitrogen and oxygen atoms in total. The molecule has 2 amide bonds. The Labute approximate surface area is 167 Å². The molecule has 1 N–H and O–H groups in total. The molecule has 5 rings (SSSR count). The third kappa shape index (κ3) is 2.90. The molecule has 1 aromatic carbocycles. The lowest BCUT2D eigenvalue weighted by Crippen LogP contribution is -2.43. The summed E-state index contributed by atoms with van der Waals surface area (Å²) in [6.45, 7) is 0.154. The van der Waals surface area contributed by atoms with E-state index in [0.29, 0.717) is 5.82 Å². The molecular formula is C18H16F3N7O2. The smallest absolute Gasteiger partial charge is 0.333 e. The molecule has 1 unspecified atom stereocenters. The van der Waals surface area contributed by atoms with Gasteiger partial charge >= 0.3 is 6.18 Å². The van der Waals surface area contributed by atoms with Crippen LogP contribution in [0.4, 0.5) is 19.0 Å². The Morgan fingerprint density at radius 1 is 1.17 bits per heavy atom. The summed E-state index contributed by atoms with van der Waals surface area (Å²) in [6, 6.07) is 7.37. The minimum absolute atomic E-state index is 0.0248. The first-order valence-electron chi connectivity index (χ1n) is 9.34. The minimum atomic E-state index is -4.60. The summed E-state index contributed by atoms with van der Waals surface area (Å²) in [6.07, 6.45) is -4.57. The monoisotopic (exact) mass is 419 g/mol. The molecule has 2 aliphatic rings. The van der Waals surface area contributed by atoms with Gasteiger partial charge in [-0.15, -0.1) is 10.2 Å². The lowest BCUT2D eigenvalue weighted by molar-refractivity contribution is -0.148. The van der Waals surface area contributed by atoms with Gasteiger partial charge in [0.15, 0.2) is 11.6 Å². The molecule has 30 heavy (non-hydrogen) atoms. The van der Waals surface area contributed by atoms with E-state index in [1.165, 1.54) is 9.80 Å². The zero-order chi connectivity index (χ0) is 21.0. The van der Waals surface area contributed by atoms with Gasteiger partial charge < -0.3 is 9.47 Å². The second-order valence-electron chi connectivity index (χ2n) is 7.35. The molecule has 0 aliphatic carbocycles. The fourth-order valence-electron chi connectivity index (χ4n) is 4.05. The fourth-order valence-corrected chi connectivity index (χ4v) is 4.05. The number of hydrogen-bond donors (Lipinski definition) is 1. The van der Waals surface area contributed by atoms with E-state index in [9.17, 15) is 22.8 Å². The lowest BCUT2D eigenvalue weighted by atomic mass is 10.1. The van der Waals surface area contributed by atoms with Gasteiger partial charge in [0.25, 0.3) is 0 Å². The molecular weight excluding hydrogens is 403 g/mol. The zero-order valence-corrected chi connectivity index (χ0v) is 15.6. The molecule has 0 spiro atoms. The Bertz CT molecular complexity index is 1150. The topological polar surface area (TPSA) is 100 Å². The van der Waals surface area contributed by atoms with E-state index in [1.54, 1.807) is 0 Å². The van der Waals surface area contributed by atoms with E-state index in [-0.39, 0.29) is 50.2 Å². The third-order valence-electron chi connectivity index (χ3n) is 5.50. The quantitative estimate of drug-likeness (QED) is 0.680. The maximum Gasteiger partial charge on any atom is 0.451 e. The molecule has 1 atom stereocenters. The average Bonchev–Trinajstić information content (AvgIpc) is 3.42. The van der Waals surface area contributed by atoms with Crippen LogP contribution >= 0.6 is 0 Å². The summed E-state index contributed by atoms with van der Waals surface area (Å²) in [7, 11) is 0. The number of nitrogens with one attached hydrogen (secondary N) is 1. The van der Waals surface area contributed by atoms with Crippen LogP contribution in [0.3, 0.4) is 0 Å². The second-order valence-corrected chi connectivity index (χ2v) is 7.35. The van der Waals surface area contributed by atoms with Gasteiger partial charge in [0.2, 0.25) is 17.6 Å². The zero-order valence-electron chi connectivity index (χ0n) is 15.6. The average molecular weight is 419 g/mol. The van der Waals surface area contributed by atoms with Gasteiger partial charge in [-0.25, -0.2) is 0 Å². The maximum absolute atomic E-state index is 13.0. The predicted octanol–water partition coefficient (Wildman–Crippen LogP) is 1.57. The van der Waals surface area contributed by atoms with E-state index in [1.807, 2.05) is 24.3 Å². The Morgan fingerprint density at radius 3 is 2.77 bits per heavy atom. The minimum Gasteiger partial charge on any atom is -0.333 e. The van der Waals surface area contributed by atoms with Crippen molar-refractivity contribution < 1.29 is 22.8 Å². The Hall–Kier alpha value is -3.44. The summed E-state index contributed by atoms with van der Waals surface area (Å²) < 4.78 is 40.0. The normalized spacial score (nSPS) is 19.6. The van der Waals surface area contributed by atoms with Crippen molar-refractivity contribution in [2.24, 2.45) is 5.92 Å². The predicted molar refractivity (Wildman–Crippen MR) is 97.0 cm³/mol. The summed E-state index contributed by atoms with van der Waals surface area (Å²) >= 11 is 0. The number of carbonyl (C=O) groups excluding carboxylic acids is 2. The number of aromatic amines is 1. The van der Waals surface area contributed by atoms with Crippen LogP contribution in [0.15, 0.2) is 24.3 Å². The maximum atomic E-state index is 13.0. The number of alkyl halides is 3. The molecule has 1 saturated heterocycles. The molecule has 12 heteroatoms. The van der Waals surface area contributed by atoms with Gasteiger partial charge in [-0.3, -0.25) is 19.6 Å². The largest absolute Gasteiger partial charge is 0.451 e. The van der Waals surface area contributed by atoms with Crippen molar-refractivity contribution in [1.82, 2.24) is 29.9 Å². The lowest BCUT2D eigenvalue weighted by Gasteiger charge is -2.29. The molecule has 4 heterocycles. The van der Waals surface area contributed by atoms with E-state index >= 15 is 0 Å². The van der Waals surface area contributed by atoms with Crippen molar-refractivity contribution >= 4 is 28.5 Å². The highest BCUT2D eigenvalue weighted by Gasteiger charge is 2.42. The number of aromatic nitrogens is 5. The summed E-state index contributed by atoms with van der Waals surface area (Å²) in [4.78, 5) is 28.5. The highest BCUT2D eigenvalue weighted by atomic mass is 19.4. The molecule has 0 bridgehead atoms. The van der Waals surface area contributed by atoms with Gasteiger partial charge in [-0.05, 0) is 12.1 Å². The van der Waals surface area contributed by atoms with Crippen LogP contribution in [0.2, 0.25) is 0 Å². The number of amides is 2. The van der Waals surface area contributed by atoms with Crippen molar-refractivity contribution in [2.75, 3.05) is 18.0 Å². The molecule has 2 aromatic heterocycles. The van der Waals surface area contributed by atoms with E-state index in [2.05, 4.69) is 20.4 Å². The summed E-state index contributed by atoms with van der Waals surface area (Å²) in [5.74, 6) is -1.60. The second kappa shape index (κ2) is 6.54. The Morgan fingerprint density at radius 2 is 1.97 bits per heavy atom. The van der Waals surface area contributed by atoms with Gasteiger partial charge in [-0.1, -0.05) is 12.1 Å². The van der Waals surface area contributed by atoms with Crippen LogP contribution in [0.1, 0.15) is 18.1 Å². The Balaban J connectivity index is 1.33. The molecule has 156 valence electrons. The van der Waals surface area contributed by atoms with Gasteiger partial charge in [0.1, 0.15) is 0 Å². The molecule has 2 aliphatic heterocycles. The first-order valence-corrected chi connectivity index (χ1v) is 9.34. The van der Waals surface area contributed by atoms with Crippen molar-refractivity contribution in [1.29, 1.82) is 0 Å². The van der Waals surface area contributed by atoms with E-state index < -0.39 is 17.9 Å². The van der Waals surface area contributed by atoms with Crippen LogP contribution in [0, 0.1) is 5.92 Å². The number of anilines is 1. The first kappa shape index (κ1) is 18.6. The Kier molecular flexibility index (Phi) is 4.05. The number of nitrogens with zero attached hydrogens (tertiary/aromatic N) is 6. The van der Waals surface area contributed by atoms with Gasteiger partial charge in [-0.2, -0.15) is 18.3 Å². The van der Waals surface area contributed by atoms with Crippen LogP contribution < -0.4 is 4.90 Å².